The molecule has 122 valence electrons. The van der Waals surface area contributed by atoms with E-state index in [2.05, 4.69) is 15.3 Å². The Hall–Kier alpha value is -1.60. The molecule has 0 bridgehead atoms. The minimum absolute atomic E-state index is 0.261. The van der Waals surface area contributed by atoms with Gasteiger partial charge in [0.1, 0.15) is 18.1 Å². The molecule has 3 rings (SSSR count). The predicted molar refractivity (Wildman–Crippen MR) is 94.8 cm³/mol. The smallest absolute Gasteiger partial charge is 0.276 e. The number of thiazole rings is 1. The van der Waals surface area contributed by atoms with Crippen molar-refractivity contribution < 1.29 is 9.53 Å². The van der Waals surface area contributed by atoms with E-state index in [1.807, 2.05) is 37.1 Å². The highest BCUT2D eigenvalue weighted by Crippen LogP contribution is 2.27. The minimum atomic E-state index is -0.261. The normalized spacial score (nSPS) is 17.2. The number of carbonyl (C=O) groups is 1. The van der Waals surface area contributed by atoms with Gasteiger partial charge in [-0.1, -0.05) is 0 Å². The van der Waals surface area contributed by atoms with Crippen LogP contribution < -0.4 is 10.1 Å². The summed E-state index contributed by atoms with van der Waals surface area (Å²) in [5, 5.41) is 5.81. The van der Waals surface area contributed by atoms with E-state index in [9.17, 15) is 4.79 Å². The summed E-state index contributed by atoms with van der Waals surface area (Å²) in [6.07, 6.45) is 2.46. The van der Waals surface area contributed by atoms with E-state index in [1.165, 1.54) is 29.9 Å². The lowest BCUT2D eigenvalue weighted by Gasteiger charge is -2.12. The van der Waals surface area contributed by atoms with E-state index < -0.39 is 0 Å². The summed E-state index contributed by atoms with van der Waals surface area (Å²) in [4.78, 5) is 20.9. The molecule has 2 aromatic heterocycles. The van der Waals surface area contributed by atoms with Gasteiger partial charge in [0.05, 0.1) is 5.69 Å². The number of hydrogen-bond donors (Lipinski definition) is 1. The molecule has 0 aliphatic carbocycles. The number of pyridine rings is 1. The van der Waals surface area contributed by atoms with Gasteiger partial charge in [-0.15, -0.1) is 11.3 Å². The fourth-order valence-electron chi connectivity index (χ4n) is 2.37. The van der Waals surface area contributed by atoms with Crippen LogP contribution >= 0.6 is 23.1 Å². The number of anilines is 1. The van der Waals surface area contributed by atoms with Crippen LogP contribution in [0.25, 0.3) is 0 Å². The van der Waals surface area contributed by atoms with Crippen LogP contribution in [0.2, 0.25) is 0 Å². The van der Waals surface area contributed by atoms with E-state index >= 15 is 0 Å². The SMILES string of the molecule is Cc1cc(OCC2CCCS2)cc(C(=O)Nc2nc(C)cs2)n1. The van der Waals surface area contributed by atoms with E-state index in [-0.39, 0.29) is 5.91 Å². The Kier molecular flexibility index (Phi) is 5.17. The highest BCUT2D eigenvalue weighted by atomic mass is 32.2. The molecular formula is C16H19N3O2S2. The number of aryl methyl sites for hydroxylation is 2. The van der Waals surface area contributed by atoms with Crippen LogP contribution in [0.15, 0.2) is 17.5 Å². The summed E-state index contributed by atoms with van der Waals surface area (Å²) in [6, 6.07) is 3.56. The molecule has 23 heavy (non-hydrogen) atoms. The van der Waals surface area contributed by atoms with E-state index in [4.69, 9.17) is 4.74 Å². The van der Waals surface area contributed by atoms with Crippen LogP contribution in [-0.2, 0) is 0 Å². The van der Waals surface area contributed by atoms with Crippen LogP contribution in [0.5, 0.6) is 5.75 Å². The number of thioether (sulfide) groups is 1. The quantitative estimate of drug-likeness (QED) is 0.892. The first-order valence-corrected chi connectivity index (χ1v) is 9.49. The van der Waals surface area contributed by atoms with Gasteiger partial charge in [-0.25, -0.2) is 9.97 Å². The molecule has 0 spiro atoms. The van der Waals surface area contributed by atoms with E-state index in [0.29, 0.717) is 28.4 Å². The predicted octanol–water partition coefficient (Wildman–Crippen LogP) is 3.68. The summed E-state index contributed by atoms with van der Waals surface area (Å²) in [5.41, 5.74) is 2.01. The number of hydrogen-bond acceptors (Lipinski definition) is 6. The van der Waals surface area contributed by atoms with Crippen molar-refractivity contribution in [2.75, 3.05) is 17.7 Å². The summed E-state index contributed by atoms with van der Waals surface area (Å²) < 4.78 is 5.86. The second kappa shape index (κ2) is 7.31. The minimum Gasteiger partial charge on any atom is -0.492 e. The largest absolute Gasteiger partial charge is 0.492 e. The highest BCUT2D eigenvalue weighted by Gasteiger charge is 2.17. The molecule has 1 N–H and O–H groups in total. The molecule has 1 fully saturated rings. The lowest BCUT2D eigenvalue weighted by atomic mass is 10.2. The first-order chi connectivity index (χ1) is 11.1. The molecule has 2 aromatic rings. The van der Waals surface area contributed by atoms with Gasteiger partial charge in [0, 0.05) is 28.5 Å². The van der Waals surface area contributed by atoms with Crippen LogP contribution in [0.4, 0.5) is 5.13 Å². The van der Waals surface area contributed by atoms with Crippen LogP contribution in [0.1, 0.15) is 34.7 Å². The van der Waals surface area contributed by atoms with Crippen molar-refractivity contribution in [1.29, 1.82) is 0 Å². The zero-order valence-electron chi connectivity index (χ0n) is 13.2. The van der Waals surface area contributed by atoms with Gasteiger partial charge in [-0.2, -0.15) is 11.8 Å². The average Bonchev–Trinajstić information content (AvgIpc) is 3.16. The number of amides is 1. The molecule has 0 radical (unpaired) electrons. The van der Waals surface area contributed by atoms with Crippen molar-refractivity contribution in [2.45, 2.75) is 31.9 Å². The zero-order valence-corrected chi connectivity index (χ0v) is 14.8. The van der Waals surface area contributed by atoms with Gasteiger partial charge >= 0.3 is 0 Å². The fraction of sp³-hybridized carbons (Fsp3) is 0.438. The Balaban J connectivity index is 1.67. The molecule has 1 atom stereocenters. The topological polar surface area (TPSA) is 64.1 Å². The Morgan fingerprint density at radius 3 is 2.91 bits per heavy atom. The number of aromatic nitrogens is 2. The summed E-state index contributed by atoms with van der Waals surface area (Å²) in [5.74, 6) is 1.65. The van der Waals surface area contributed by atoms with Crippen molar-refractivity contribution in [1.82, 2.24) is 9.97 Å². The molecule has 3 heterocycles. The second-order valence-electron chi connectivity index (χ2n) is 5.52. The van der Waals surface area contributed by atoms with Gasteiger partial charge in [0.25, 0.3) is 5.91 Å². The van der Waals surface area contributed by atoms with Gasteiger partial charge in [-0.05, 0) is 32.4 Å². The number of nitrogens with zero attached hydrogens (tertiary/aromatic N) is 2. The molecule has 1 aliphatic rings. The van der Waals surface area contributed by atoms with Gasteiger partial charge < -0.3 is 4.74 Å². The van der Waals surface area contributed by atoms with Crippen molar-refractivity contribution in [2.24, 2.45) is 0 Å². The molecule has 5 nitrogen and oxygen atoms in total. The zero-order chi connectivity index (χ0) is 16.2. The monoisotopic (exact) mass is 349 g/mol. The Bertz CT molecular complexity index is 696. The first-order valence-electron chi connectivity index (χ1n) is 7.57. The standard InChI is InChI=1S/C16H19N3O2S2/c1-10-6-12(21-8-13-4-3-5-22-13)7-14(17-10)15(20)19-16-18-11(2)9-23-16/h6-7,9,13H,3-5,8H2,1-2H3,(H,18,19,20). The molecular weight excluding hydrogens is 330 g/mol. The van der Waals surface area contributed by atoms with E-state index in [1.54, 1.807) is 6.07 Å². The third-order valence-electron chi connectivity index (χ3n) is 3.46. The number of ether oxygens (including phenoxy) is 1. The number of carbonyl (C=O) groups excluding carboxylic acids is 1. The average molecular weight is 349 g/mol. The Morgan fingerprint density at radius 2 is 2.22 bits per heavy atom. The van der Waals surface area contributed by atoms with Gasteiger partial charge in [-0.3, -0.25) is 10.1 Å². The summed E-state index contributed by atoms with van der Waals surface area (Å²) in [7, 11) is 0. The lowest BCUT2D eigenvalue weighted by molar-refractivity contribution is 0.102. The van der Waals surface area contributed by atoms with Crippen molar-refractivity contribution in [3.63, 3.8) is 0 Å². The maximum absolute atomic E-state index is 12.3. The molecule has 7 heteroatoms. The first kappa shape index (κ1) is 16.3. The molecule has 1 saturated heterocycles. The third kappa shape index (κ3) is 4.45. The van der Waals surface area contributed by atoms with Gasteiger partial charge in [0.2, 0.25) is 0 Å². The van der Waals surface area contributed by atoms with Crippen LogP contribution in [0.3, 0.4) is 0 Å². The van der Waals surface area contributed by atoms with Crippen molar-refractivity contribution in [3.8, 4) is 5.75 Å². The number of rotatable bonds is 5. The lowest BCUT2D eigenvalue weighted by Crippen LogP contribution is -2.15. The maximum atomic E-state index is 12.3. The van der Waals surface area contributed by atoms with Crippen LogP contribution in [-0.4, -0.2) is 33.5 Å². The second-order valence-corrected chi connectivity index (χ2v) is 7.79. The Morgan fingerprint density at radius 1 is 1.35 bits per heavy atom. The molecule has 0 saturated carbocycles. The van der Waals surface area contributed by atoms with E-state index in [0.717, 1.165) is 11.4 Å². The summed E-state index contributed by atoms with van der Waals surface area (Å²) >= 11 is 3.36. The Labute approximate surface area is 143 Å². The molecule has 1 aliphatic heterocycles. The molecule has 0 aromatic carbocycles. The van der Waals surface area contributed by atoms with Crippen LogP contribution in [0, 0.1) is 13.8 Å². The van der Waals surface area contributed by atoms with Gasteiger partial charge in [0.15, 0.2) is 5.13 Å². The highest BCUT2D eigenvalue weighted by molar-refractivity contribution is 8.00. The molecule has 1 amide bonds. The van der Waals surface area contributed by atoms with Crippen molar-refractivity contribution >= 4 is 34.1 Å². The maximum Gasteiger partial charge on any atom is 0.276 e. The third-order valence-corrected chi connectivity index (χ3v) is 5.70. The van der Waals surface area contributed by atoms with Crippen molar-refractivity contribution in [3.05, 3.63) is 34.6 Å². The summed E-state index contributed by atoms with van der Waals surface area (Å²) in [6.45, 7) is 4.44. The molecule has 1 unspecified atom stereocenters. The number of nitrogens with one attached hydrogen (secondary N) is 1. The fourth-order valence-corrected chi connectivity index (χ4v) is 4.22.